The monoisotopic (exact) mass is 280 g/mol. The largest absolute Gasteiger partial charge is 0.328 e. The van der Waals surface area contributed by atoms with E-state index in [2.05, 4.69) is 0 Å². The van der Waals surface area contributed by atoms with Gasteiger partial charge in [0.2, 0.25) is 0 Å². The molecule has 0 fully saturated rings. The van der Waals surface area contributed by atoms with Crippen molar-refractivity contribution in [2.45, 2.75) is 12.5 Å². The average molecular weight is 280 g/mol. The van der Waals surface area contributed by atoms with Gasteiger partial charge in [-0.3, -0.25) is 14.5 Å². The molecule has 2 amide bonds. The maximum atomic E-state index is 12.6. The predicted octanol–water partition coefficient (Wildman–Crippen LogP) is 2.16. The highest BCUT2D eigenvalue weighted by atomic mass is 16.2. The maximum Gasteiger partial charge on any atom is 0.262 e. The molecule has 4 nitrogen and oxygen atoms in total. The molecule has 0 radical (unpaired) electrons. The molecule has 1 heterocycles. The van der Waals surface area contributed by atoms with Gasteiger partial charge in [0.1, 0.15) is 0 Å². The first kappa shape index (κ1) is 13.5. The third kappa shape index (κ3) is 1.87. The summed E-state index contributed by atoms with van der Waals surface area (Å²) in [5.41, 5.74) is 6.81. The van der Waals surface area contributed by atoms with Crippen molar-refractivity contribution in [2.75, 3.05) is 6.54 Å². The van der Waals surface area contributed by atoms with E-state index >= 15 is 0 Å². The summed E-state index contributed by atoms with van der Waals surface area (Å²) >= 11 is 0. The zero-order valence-corrected chi connectivity index (χ0v) is 11.7. The number of benzene rings is 2. The maximum absolute atomic E-state index is 12.6. The Morgan fingerprint density at radius 1 is 0.905 bits per heavy atom. The molecule has 0 aromatic heterocycles. The Morgan fingerprint density at radius 2 is 1.38 bits per heavy atom. The van der Waals surface area contributed by atoms with E-state index in [1.165, 1.54) is 4.90 Å². The first-order chi connectivity index (χ1) is 10.1. The smallest absolute Gasteiger partial charge is 0.262 e. The van der Waals surface area contributed by atoms with E-state index in [-0.39, 0.29) is 18.4 Å². The number of rotatable bonds is 3. The van der Waals surface area contributed by atoms with Crippen molar-refractivity contribution in [3.05, 3.63) is 71.3 Å². The summed E-state index contributed by atoms with van der Waals surface area (Å²) in [6.45, 7) is 1.99. The Hall–Kier alpha value is -2.46. The van der Waals surface area contributed by atoms with E-state index in [9.17, 15) is 9.59 Å². The second-order valence-corrected chi connectivity index (χ2v) is 5.34. The molecule has 2 aromatic rings. The summed E-state index contributed by atoms with van der Waals surface area (Å²) in [6, 6.07) is 16.3. The van der Waals surface area contributed by atoms with Gasteiger partial charge in [0.15, 0.2) is 0 Å². The number of amides is 2. The Bertz CT molecular complexity index is 677. The van der Waals surface area contributed by atoms with Gasteiger partial charge < -0.3 is 5.73 Å². The van der Waals surface area contributed by atoms with E-state index in [0.717, 1.165) is 5.56 Å². The molecular weight excluding hydrogens is 264 g/mol. The van der Waals surface area contributed by atoms with Crippen molar-refractivity contribution in [3.63, 3.8) is 0 Å². The number of hydrogen-bond donors (Lipinski definition) is 1. The van der Waals surface area contributed by atoms with Crippen LogP contribution in [0.4, 0.5) is 0 Å². The molecule has 21 heavy (non-hydrogen) atoms. The number of imide groups is 1. The van der Waals surface area contributed by atoms with Crippen LogP contribution in [0.15, 0.2) is 54.6 Å². The van der Waals surface area contributed by atoms with Gasteiger partial charge in [-0.15, -0.1) is 0 Å². The Balaban J connectivity index is 2.12. The van der Waals surface area contributed by atoms with E-state index < -0.39 is 5.54 Å². The minimum atomic E-state index is -0.853. The standard InChI is InChI=1S/C17H16N2O2/c1-17(11-18,12-7-3-2-4-8-12)19-15(20)13-9-5-6-10-14(13)16(19)21/h2-10H,11,18H2,1H3. The summed E-state index contributed by atoms with van der Waals surface area (Å²) in [5, 5.41) is 0. The van der Waals surface area contributed by atoms with Gasteiger partial charge in [0.05, 0.1) is 16.7 Å². The van der Waals surface area contributed by atoms with Crippen molar-refractivity contribution in [1.29, 1.82) is 0 Å². The molecule has 2 N–H and O–H groups in total. The SMILES string of the molecule is CC(CN)(c1ccccc1)N1C(=O)c2ccccc2C1=O. The Kier molecular flexibility index (Phi) is 3.11. The molecular formula is C17H16N2O2. The third-order valence-electron chi connectivity index (χ3n) is 4.08. The van der Waals surface area contributed by atoms with Gasteiger partial charge in [-0.2, -0.15) is 0 Å². The zero-order valence-electron chi connectivity index (χ0n) is 11.7. The van der Waals surface area contributed by atoms with Crippen LogP contribution >= 0.6 is 0 Å². The van der Waals surface area contributed by atoms with Gasteiger partial charge in [0, 0.05) is 6.54 Å². The molecule has 106 valence electrons. The number of carbonyl (C=O) groups is 2. The van der Waals surface area contributed by atoms with Crippen LogP contribution in [-0.4, -0.2) is 23.3 Å². The van der Waals surface area contributed by atoms with Gasteiger partial charge in [0.25, 0.3) is 11.8 Å². The van der Waals surface area contributed by atoms with Gasteiger partial charge in [-0.25, -0.2) is 0 Å². The molecule has 2 aromatic carbocycles. The van der Waals surface area contributed by atoms with Crippen molar-refractivity contribution in [2.24, 2.45) is 5.73 Å². The lowest BCUT2D eigenvalue weighted by Gasteiger charge is -2.36. The first-order valence-corrected chi connectivity index (χ1v) is 6.83. The predicted molar refractivity (Wildman–Crippen MR) is 79.8 cm³/mol. The van der Waals surface area contributed by atoms with E-state index in [0.29, 0.717) is 11.1 Å². The third-order valence-corrected chi connectivity index (χ3v) is 4.08. The van der Waals surface area contributed by atoms with Crippen molar-refractivity contribution in [1.82, 2.24) is 4.90 Å². The van der Waals surface area contributed by atoms with Crippen LogP contribution in [0.3, 0.4) is 0 Å². The number of hydrogen-bond acceptors (Lipinski definition) is 3. The molecule has 1 aliphatic rings. The lowest BCUT2D eigenvalue weighted by Crippen LogP contribution is -2.51. The highest BCUT2D eigenvalue weighted by Crippen LogP contribution is 2.35. The van der Waals surface area contributed by atoms with Crippen molar-refractivity contribution >= 4 is 11.8 Å². The van der Waals surface area contributed by atoms with Crippen LogP contribution in [0.1, 0.15) is 33.2 Å². The van der Waals surface area contributed by atoms with Crippen LogP contribution < -0.4 is 5.73 Å². The van der Waals surface area contributed by atoms with Crippen LogP contribution in [0.5, 0.6) is 0 Å². The molecule has 0 aliphatic carbocycles. The summed E-state index contributed by atoms with van der Waals surface area (Å²) in [5.74, 6) is -0.570. The molecule has 0 bridgehead atoms. The number of nitrogens with zero attached hydrogens (tertiary/aromatic N) is 1. The fourth-order valence-corrected chi connectivity index (χ4v) is 2.77. The second kappa shape index (κ2) is 4.82. The Morgan fingerprint density at radius 3 is 1.86 bits per heavy atom. The normalized spacial score (nSPS) is 16.8. The lowest BCUT2D eigenvalue weighted by atomic mass is 9.90. The zero-order chi connectivity index (χ0) is 15.0. The number of nitrogens with two attached hydrogens (primary N) is 1. The fourth-order valence-electron chi connectivity index (χ4n) is 2.77. The Labute approximate surface area is 123 Å². The first-order valence-electron chi connectivity index (χ1n) is 6.83. The molecule has 4 heteroatoms. The summed E-state index contributed by atoms with van der Waals surface area (Å²) in [4.78, 5) is 26.6. The van der Waals surface area contributed by atoms with Crippen molar-refractivity contribution < 1.29 is 9.59 Å². The average Bonchev–Trinajstić information content (AvgIpc) is 2.80. The summed E-state index contributed by atoms with van der Waals surface area (Å²) in [7, 11) is 0. The molecule has 0 saturated heterocycles. The molecule has 1 unspecified atom stereocenters. The molecule has 3 rings (SSSR count). The van der Waals surface area contributed by atoms with Gasteiger partial charge in [-0.05, 0) is 24.6 Å². The summed E-state index contributed by atoms with van der Waals surface area (Å²) in [6.07, 6.45) is 0. The topological polar surface area (TPSA) is 63.4 Å². The highest BCUT2D eigenvalue weighted by Gasteiger charge is 2.46. The van der Waals surface area contributed by atoms with Gasteiger partial charge in [-0.1, -0.05) is 42.5 Å². The molecule has 0 saturated carbocycles. The fraction of sp³-hybridized carbons (Fsp3) is 0.176. The van der Waals surface area contributed by atoms with Crippen LogP contribution in [-0.2, 0) is 5.54 Å². The quantitative estimate of drug-likeness (QED) is 0.876. The molecule has 1 atom stereocenters. The van der Waals surface area contributed by atoms with E-state index in [1.807, 2.05) is 37.3 Å². The van der Waals surface area contributed by atoms with Crippen molar-refractivity contribution in [3.8, 4) is 0 Å². The second-order valence-electron chi connectivity index (χ2n) is 5.34. The molecule has 1 aliphatic heterocycles. The van der Waals surface area contributed by atoms with Gasteiger partial charge >= 0.3 is 0 Å². The minimum Gasteiger partial charge on any atom is -0.328 e. The van der Waals surface area contributed by atoms with Crippen LogP contribution in [0.25, 0.3) is 0 Å². The van der Waals surface area contributed by atoms with E-state index in [4.69, 9.17) is 5.73 Å². The number of fused-ring (bicyclic) bond motifs is 1. The van der Waals surface area contributed by atoms with Crippen LogP contribution in [0.2, 0.25) is 0 Å². The minimum absolute atomic E-state index is 0.169. The van der Waals surface area contributed by atoms with E-state index in [1.54, 1.807) is 24.3 Å². The number of carbonyl (C=O) groups excluding carboxylic acids is 2. The highest BCUT2D eigenvalue weighted by molar-refractivity contribution is 6.21. The van der Waals surface area contributed by atoms with Crippen LogP contribution in [0, 0.1) is 0 Å². The molecule has 0 spiro atoms. The lowest BCUT2D eigenvalue weighted by molar-refractivity contribution is 0.0457. The summed E-state index contributed by atoms with van der Waals surface area (Å²) < 4.78 is 0.